The summed E-state index contributed by atoms with van der Waals surface area (Å²) in [7, 11) is 0. The van der Waals surface area contributed by atoms with E-state index in [1.54, 1.807) is 13.8 Å². The molecule has 0 fully saturated rings. The molecular formula is C15H27N5O6S. The number of carbonyl (C=O) groups is 5. The minimum atomic E-state index is -1.20. The van der Waals surface area contributed by atoms with E-state index in [1.807, 2.05) is 0 Å². The monoisotopic (exact) mass is 405 g/mol. The van der Waals surface area contributed by atoms with E-state index in [4.69, 9.17) is 16.6 Å². The fourth-order valence-corrected chi connectivity index (χ4v) is 2.21. The van der Waals surface area contributed by atoms with Crippen LogP contribution in [-0.2, 0) is 24.0 Å². The lowest BCUT2D eigenvalue weighted by Gasteiger charge is -2.24. The minimum absolute atomic E-state index is 0.0934. The van der Waals surface area contributed by atoms with Gasteiger partial charge in [0.15, 0.2) is 0 Å². The molecule has 0 spiro atoms. The number of hydrogen-bond donors (Lipinski definition) is 7. The number of nitrogens with one attached hydrogen (secondary N) is 3. The van der Waals surface area contributed by atoms with E-state index in [9.17, 15) is 24.0 Å². The molecule has 0 aliphatic heterocycles. The molecule has 0 bridgehead atoms. The Morgan fingerprint density at radius 3 is 1.93 bits per heavy atom. The van der Waals surface area contributed by atoms with Crippen molar-refractivity contribution in [2.75, 3.05) is 5.75 Å². The zero-order chi connectivity index (χ0) is 21.3. The van der Waals surface area contributed by atoms with E-state index in [2.05, 4.69) is 28.6 Å². The number of aliphatic carboxylic acids is 1. The molecule has 0 aromatic rings. The molecule has 11 nitrogen and oxygen atoms in total. The highest BCUT2D eigenvalue weighted by Gasteiger charge is 2.29. The molecule has 0 aliphatic rings. The molecule has 0 aromatic carbocycles. The maximum atomic E-state index is 12.2. The second kappa shape index (κ2) is 11.4. The topological polar surface area (TPSA) is 194 Å². The van der Waals surface area contributed by atoms with Gasteiger partial charge in [-0.05, 0) is 12.8 Å². The number of hydrogen-bond acceptors (Lipinski definition) is 7. The third-order valence-electron chi connectivity index (χ3n) is 3.56. The zero-order valence-electron chi connectivity index (χ0n) is 15.4. The van der Waals surface area contributed by atoms with Crippen molar-refractivity contribution in [3.8, 4) is 0 Å². The number of amides is 4. The molecule has 0 radical (unpaired) electrons. The summed E-state index contributed by atoms with van der Waals surface area (Å²) < 4.78 is 0. The van der Waals surface area contributed by atoms with Crippen LogP contribution in [0.15, 0.2) is 0 Å². The average Bonchev–Trinajstić information content (AvgIpc) is 2.55. The van der Waals surface area contributed by atoms with Crippen molar-refractivity contribution >= 4 is 42.2 Å². The summed E-state index contributed by atoms with van der Waals surface area (Å²) in [6.45, 7) is 4.60. The Morgan fingerprint density at radius 1 is 0.963 bits per heavy atom. The average molecular weight is 405 g/mol. The number of thiol groups is 1. The number of rotatable bonds is 11. The third-order valence-corrected chi connectivity index (χ3v) is 3.92. The van der Waals surface area contributed by atoms with E-state index in [1.165, 1.54) is 6.92 Å². The highest BCUT2D eigenvalue weighted by Crippen LogP contribution is 2.03. The Bertz CT molecular complexity index is 585. The van der Waals surface area contributed by atoms with Crippen molar-refractivity contribution in [1.82, 2.24) is 16.0 Å². The minimum Gasteiger partial charge on any atom is -0.480 e. The summed E-state index contributed by atoms with van der Waals surface area (Å²) in [6.07, 6.45) is -0.381. The van der Waals surface area contributed by atoms with E-state index in [0.717, 1.165) is 0 Å². The normalized spacial score (nSPS) is 15.2. The fraction of sp³-hybridized carbons (Fsp3) is 0.667. The first kappa shape index (κ1) is 24.7. The van der Waals surface area contributed by atoms with Gasteiger partial charge in [0.05, 0.1) is 12.5 Å². The summed E-state index contributed by atoms with van der Waals surface area (Å²) in [6, 6.07) is -4.50. The Balaban J connectivity index is 4.82. The van der Waals surface area contributed by atoms with Crippen LogP contribution in [-0.4, -0.2) is 64.6 Å². The molecule has 27 heavy (non-hydrogen) atoms. The van der Waals surface area contributed by atoms with Crippen molar-refractivity contribution in [1.29, 1.82) is 0 Å². The Labute approximate surface area is 162 Å². The van der Waals surface area contributed by atoms with Crippen LogP contribution in [0.25, 0.3) is 0 Å². The first-order valence-corrected chi connectivity index (χ1v) is 8.82. The number of carboxylic acid groups (broad SMARTS) is 1. The van der Waals surface area contributed by atoms with Gasteiger partial charge >= 0.3 is 5.97 Å². The zero-order valence-corrected chi connectivity index (χ0v) is 16.3. The lowest BCUT2D eigenvalue weighted by atomic mass is 10.0. The number of carboxylic acids is 1. The standard InChI is InChI=1S/C15H27N5O6S/c1-6(2)11(15(25)26)20-14(24)9(5-27)19-12(22)7(3)18-13(23)8(16)4-10(17)21/h6-9,11,27H,4-5,16H2,1-3H3,(H2,17,21)(H,18,23)(H,19,22)(H,20,24)(H,25,26). The summed E-state index contributed by atoms with van der Waals surface area (Å²) in [5.74, 6) is -4.61. The molecule has 12 heteroatoms. The number of nitrogens with two attached hydrogens (primary N) is 2. The van der Waals surface area contributed by atoms with Crippen LogP contribution >= 0.6 is 12.6 Å². The van der Waals surface area contributed by atoms with Crippen molar-refractivity contribution in [2.45, 2.75) is 51.4 Å². The summed E-state index contributed by atoms with van der Waals surface area (Å²) in [5, 5.41) is 16.1. The van der Waals surface area contributed by atoms with Crippen LogP contribution in [0.5, 0.6) is 0 Å². The van der Waals surface area contributed by atoms with Crippen LogP contribution in [0, 0.1) is 5.92 Å². The van der Waals surface area contributed by atoms with Crippen LogP contribution in [0.4, 0.5) is 0 Å². The maximum absolute atomic E-state index is 12.2. The van der Waals surface area contributed by atoms with Gasteiger partial charge in [-0.1, -0.05) is 13.8 Å². The molecule has 0 aliphatic carbocycles. The molecule has 0 rings (SSSR count). The molecular weight excluding hydrogens is 378 g/mol. The van der Waals surface area contributed by atoms with Crippen LogP contribution in [0.1, 0.15) is 27.2 Å². The molecule has 154 valence electrons. The molecule has 0 saturated carbocycles. The quantitative estimate of drug-likeness (QED) is 0.182. The lowest BCUT2D eigenvalue weighted by molar-refractivity contribution is -0.143. The van der Waals surface area contributed by atoms with E-state index >= 15 is 0 Å². The highest BCUT2D eigenvalue weighted by molar-refractivity contribution is 7.80. The van der Waals surface area contributed by atoms with Crippen molar-refractivity contribution in [3.63, 3.8) is 0 Å². The predicted octanol–water partition coefficient (Wildman–Crippen LogP) is -2.67. The van der Waals surface area contributed by atoms with Crippen LogP contribution < -0.4 is 27.4 Å². The van der Waals surface area contributed by atoms with Gasteiger partial charge < -0.3 is 32.5 Å². The summed E-state index contributed by atoms with van der Waals surface area (Å²) in [5.41, 5.74) is 10.4. The van der Waals surface area contributed by atoms with E-state index in [0.29, 0.717) is 0 Å². The lowest BCUT2D eigenvalue weighted by Crippen LogP contribution is -2.57. The molecule has 4 atom stereocenters. The van der Waals surface area contributed by atoms with E-state index < -0.39 is 53.8 Å². The van der Waals surface area contributed by atoms with Gasteiger partial charge in [-0.3, -0.25) is 19.2 Å². The smallest absolute Gasteiger partial charge is 0.326 e. The van der Waals surface area contributed by atoms with Gasteiger partial charge in [0, 0.05) is 5.75 Å². The van der Waals surface area contributed by atoms with Gasteiger partial charge in [-0.25, -0.2) is 4.79 Å². The molecule has 0 aromatic heterocycles. The van der Waals surface area contributed by atoms with Gasteiger partial charge in [-0.15, -0.1) is 0 Å². The summed E-state index contributed by atoms with van der Waals surface area (Å²) in [4.78, 5) is 58.1. The molecule has 4 amide bonds. The van der Waals surface area contributed by atoms with Gasteiger partial charge in [-0.2, -0.15) is 12.6 Å². The Kier molecular flexibility index (Phi) is 10.4. The van der Waals surface area contributed by atoms with Crippen molar-refractivity contribution in [2.24, 2.45) is 17.4 Å². The van der Waals surface area contributed by atoms with Crippen molar-refractivity contribution in [3.05, 3.63) is 0 Å². The molecule has 4 unspecified atom stereocenters. The van der Waals surface area contributed by atoms with Crippen LogP contribution in [0.2, 0.25) is 0 Å². The predicted molar refractivity (Wildman–Crippen MR) is 99.6 cm³/mol. The van der Waals surface area contributed by atoms with Gasteiger partial charge in [0.2, 0.25) is 23.6 Å². The third kappa shape index (κ3) is 8.73. The Morgan fingerprint density at radius 2 is 1.52 bits per heavy atom. The SMILES string of the molecule is CC(NC(=O)C(N)CC(N)=O)C(=O)NC(CS)C(=O)NC(C(=O)O)C(C)C. The maximum Gasteiger partial charge on any atom is 0.326 e. The number of carbonyl (C=O) groups excluding carboxylic acids is 4. The number of primary amides is 1. The van der Waals surface area contributed by atoms with Gasteiger partial charge in [0.1, 0.15) is 18.1 Å². The van der Waals surface area contributed by atoms with Gasteiger partial charge in [0.25, 0.3) is 0 Å². The largest absolute Gasteiger partial charge is 0.480 e. The molecule has 8 N–H and O–H groups in total. The first-order chi connectivity index (χ1) is 12.4. The summed E-state index contributed by atoms with van der Waals surface area (Å²) >= 11 is 3.98. The second-order valence-electron chi connectivity index (χ2n) is 6.32. The van der Waals surface area contributed by atoms with Crippen LogP contribution in [0.3, 0.4) is 0 Å². The van der Waals surface area contributed by atoms with E-state index in [-0.39, 0.29) is 18.1 Å². The first-order valence-electron chi connectivity index (χ1n) is 8.19. The fourth-order valence-electron chi connectivity index (χ4n) is 1.95. The second-order valence-corrected chi connectivity index (χ2v) is 6.68. The van der Waals surface area contributed by atoms with Crippen molar-refractivity contribution < 1.29 is 29.1 Å². The molecule has 0 saturated heterocycles. The molecule has 0 heterocycles. The highest BCUT2D eigenvalue weighted by atomic mass is 32.1. The Hall–Kier alpha value is -2.34.